The van der Waals surface area contributed by atoms with Crippen molar-refractivity contribution in [3.8, 4) is 0 Å². The molecule has 0 amide bonds. The summed E-state index contributed by atoms with van der Waals surface area (Å²) in [6.07, 6.45) is 4.54. The van der Waals surface area contributed by atoms with Crippen molar-refractivity contribution in [2.75, 3.05) is 13.2 Å². The van der Waals surface area contributed by atoms with Gasteiger partial charge in [-0.25, -0.2) is 4.98 Å². The number of ether oxygens (including phenoxy) is 1. The molecule has 1 aliphatic rings. The summed E-state index contributed by atoms with van der Waals surface area (Å²) in [6, 6.07) is 0. The Morgan fingerprint density at radius 3 is 2.80 bits per heavy atom. The largest absolute Gasteiger partial charge is 0.368 e. The third-order valence-corrected chi connectivity index (χ3v) is 5.22. The van der Waals surface area contributed by atoms with Crippen molar-refractivity contribution in [2.24, 2.45) is 5.92 Å². The molecule has 1 N–H and O–H groups in total. The van der Waals surface area contributed by atoms with Crippen molar-refractivity contribution in [1.82, 2.24) is 10.3 Å². The Morgan fingerprint density at radius 2 is 2.20 bits per heavy atom. The van der Waals surface area contributed by atoms with E-state index in [0.29, 0.717) is 5.92 Å². The minimum atomic E-state index is -0.150. The second kappa shape index (κ2) is 7.01. The first-order chi connectivity index (χ1) is 9.55. The van der Waals surface area contributed by atoms with E-state index in [1.165, 1.54) is 28.4 Å². The van der Waals surface area contributed by atoms with E-state index >= 15 is 0 Å². The van der Waals surface area contributed by atoms with E-state index in [9.17, 15) is 0 Å². The number of aromatic nitrogens is 1. The zero-order valence-corrected chi connectivity index (χ0v) is 14.1. The lowest BCUT2D eigenvalue weighted by molar-refractivity contribution is -0.0702. The molecule has 3 nitrogen and oxygen atoms in total. The second-order valence-electron chi connectivity index (χ2n) is 6.30. The Kier molecular flexibility index (Phi) is 5.58. The zero-order chi connectivity index (χ0) is 14.6. The SMILES string of the molecule is CCc1nc(C2(C)CCCCO2)sc1CNCC(C)C. The van der Waals surface area contributed by atoms with Gasteiger partial charge in [0.25, 0.3) is 0 Å². The van der Waals surface area contributed by atoms with Gasteiger partial charge in [-0.2, -0.15) is 0 Å². The molecule has 20 heavy (non-hydrogen) atoms. The van der Waals surface area contributed by atoms with Gasteiger partial charge >= 0.3 is 0 Å². The van der Waals surface area contributed by atoms with E-state index in [4.69, 9.17) is 9.72 Å². The molecule has 1 unspecified atom stereocenters. The van der Waals surface area contributed by atoms with Crippen LogP contribution < -0.4 is 5.32 Å². The number of nitrogens with one attached hydrogen (secondary N) is 1. The maximum Gasteiger partial charge on any atom is 0.125 e. The van der Waals surface area contributed by atoms with Crippen LogP contribution in [0, 0.1) is 5.92 Å². The molecule has 0 saturated carbocycles. The van der Waals surface area contributed by atoms with Gasteiger partial charge in [0.2, 0.25) is 0 Å². The summed E-state index contributed by atoms with van der Waals surface area (Å²) in [5, 5.41) is 4.71. The van der Waals surface area contributed by atoms with Crippen molar-refractivity contribution in [3.63, 3.8) is 0 Å². The maximum absolute atomic E-state index is 6.03. The normalized spacial score (nSPS) is 23.4. The minimum absolute atomic E-state index is 0.150. The Morgan fingerprint density at radius 1 is 1.40 bits per heavy atom. The molecule has 1 atom stereocenters. The van der Waals surface area contributed by atoms with Crippen LogP contribution in [0.2, 0.25) is 0 Å². The predicted octanol–water partition coefficient (Wildman–Crippen LogP) is 3.87. The third kappa shape index (κ3) is 3.80. The van der Waals surface area contributed by atoms with Gasteiger partial charge in [0.1, 0.15) is 10.6 Å². The van der Waals surface area contributed by atoms with Gasteiger partial charge in [-0.05, 0) is 45.1 Å². The van der Waals surface area contributed by atoms with Crippen molar-refractivity contribution in [1.29, 1.82) is 0 Å². The fraction of sp³-hybridized carbons (Fsp3) is 0.812. The van der Waals surface area contributed by atoms with E-state index in [0.717, 1.165) is 32.5 Å². The van der Waals surface area contributed by atoms with Crippen LogP contribution in [-0.2, 0) is 23.3 Å². The van der Waals surface area contributed by atoms with Crippen molar-refractivity contribution in [3.05, 3.63) is 15.6 Å². The molecule has 1 aromatic rings. The van der Waals surface area contributed by atoms with E-state index in [1.54, 1.807) is 0 Å². The monoisotopic (exact) mass is 296 g/mol. The molecule has 4 heteroatoms. The summed E-state index contributed by atoms with van der Waals surface area (Å²) < 4.78 is 6.03. The molecule has 0 aromatic carbocycles. The Hall–Kier alpha value is -0.450. The first-order valence-electron chi connectivity index (χ1n) is 7.89. The molecule has 0 radical (unpaired) electrons. The first-order valence-corrected chi connectivity index (χ1v) is 8.70. The van der Waals surface area contributed by atoms with E-state index in [1.807, 2.05) is 11.3 Å². The molecule has 1 saturated heterocycles. The summed E-state index contributed by atoms with van der Waals surface area (Å²) in [5.74, 6) is 0.687. The standard InChI is InChI=1S/C16H28N2OS/c1-5-13-14(11-17-10-12(2)3)20-15(18-13)16(4)8-6-7-9-19-16/h12,17H,5-11H2,1-4H3. The van der Waals surface area contributed by atoms with E-state index in [-0.39, 0.29) is 5.60 Å². The Balaban J connectivity index is 2.09. The summed E-state index contributed by atoms with van der Waals surface area (Å²) in [5.41, 5.74) is 1.10. The summed E-state index contributed by atoms with van der Waals surface area (Å²) in [7, 11) is 0. The topological polar surface area (TPSA) is 34.1 Å². The molecule has 2 heterocycles. The molecule has 2 rings (SSSR count). The lowest BCUT2D eigenvalue weighted by atomic mass is 9.97. The summed E-state index contributed by atoms with van der Waals surface area (Å²) in [4.78, 5) is 6.26. The smallest absolute Gasteiger partial charge is 0.125 e. The van der Waals surface area contributed by atoms with Gasteiger partial charge in [-0.3, -0.25) is 0 Å². The van der Waals surface area contributed by atoms with Crippen LogP contribution in [0.25, 0.3) is 0 Å². The van der Waals surface area contributed by atoms with Crippen LogP contribution in [-0.4, -0.2) is 18.1 Å². The average molecular weight is 296 g/mol. The minimum Gasteiger partial charge on any atom is -0.368 e. The Labute approximate surface area is 127 Å². The molecule has 1 fully saturated rings. The number of hydrogen-bond donors (Lipinski definition) is 1. The maximum atomic E-state index is 6.03. The van der Waals surface area contributed by atoms with Gasteiger partial charge in [0.05, 0.1) is 5.69 Å². The molecular formula is C16H28N2OS. The van der Waals surface area contributed by atoms with Gasteiger partial charge in [-0.1, -0.05) is 20.8 Å². The highest BCUT2D eigenvalue weighted by Crippen LogP contribution is 2.38. The highest BCUT2D eigenvalue weighted by Gasteiger charge is 2.33. The van der Waals surface area contributed by atoms with Gasteiger partial charge in [0.15, 0.2) is 0 Å². The van der Waals surface area contributed by atoms with Crippen LogP contribution in [0.3, 0.4) is 0 Å². The number of nitrogens with zero attached hydrogens (tertiary/aromatic N) is 1. The van der Waals surface area contributed by atoms with Crippen molar-refractivity contribution in [2.45, 2.75) is 65.5 Å². The number of aryl methyl sites for hydroxylation is 1. The Bertz CT molecular complexity index is 422. The lowest BCUT2D eigenvalue weighted by Gasteiger charge is -2.31. The second-order valence-corrected chi connectivity index (χ2v) is 7.39. The van der Waals surface area contributed by atoms with Crippen LogP contribution in [0.15, 0.2) is 0 Å². The molecule has 0 aliphatic carbocycles. The average Bonchev–Trinajstić information content (AvgIpc) is 2.83. The highest BCUT2D eigenvalue weighted by molar-refractivity contribution is 7.11. The summed E-state index contributed by atoms with van der Waals surface area (Å²) in [6.45, 7) is 11.7. The lowest BCUT2D eigenvalue weighted by Crippen LogP contribution is -2.30. The van der Waals surface area contributed by atoms with Gasteiger partial charge in [0, 0.05) is 18.0 Å². The molecule has 0 bridgehead atoms. The van der Waals surface area contributed by atoms with E-state index in [2.05, 4.69) is 33.0 Å². The van der Waals surface area contributed by atoms with Crippen LogP contribution in [0.1, 0.15) is 62.5 Å². The number of hydrogen-bond acceptors (Lipinski definition) is 4. The highest BCUT2D eigenvalue weighted by atomic mass is 32.1. The van der Waals surface area contributed by atoms with Crippen LogP contribution in [0.4, 0.5) is 0 Å². The van der Waals surface area contributed by atoms with Crippen molar-refractivity contribution < 1.29 is 4.74 Å². The van der Waals surface area contributed by atoms with Crippen molar-refractivity contribution >= 4 is 11.3 Å². The van der Waals surface area contributed by atoms with E-state index < -0.39 is 0 Å². The first kappa shape index (κ1) is 15.9. The van der Waals surface area contributed by atoms with Crippen LogP contribution >= 0.6 is 11.3 Å². The fourth-order valence-electron chi connectivity index (χ4n) is 2.60. The molecule has 0 spiro atoms. The van der Waals surface area contributed by atoms with Gasteiger partial charge < -0.3 is 10.1 Å². The number of thiazole rings is 1. The van der Waals surface area contributed by atoms with Crippen LogP contribution in [0.5, 0.6) is 0 Å². The molecular weight excluding hydrogens is 268 g/mol. The molecule has 1 aliphatic heterocycles. The van der Waals surface area contributed by atoms with Gasteiger partial charge in [-0.15, -0.1) is 11.3 Å². The quantitative estimate of drug-likeness (QED) is 0.865. The zero-order valence-electron chi connectivity index (χ0n) is 13.3. The molecule has 114 valence electrons. The summed E-state index contributed by atoms with van der Waals surface area (Å²) >= 11 is 1.84. The molecule has 1 aromatic heterocycles. The fourth-order valence-corrected chi connectivity index (χ4v) is 3.85. The predicted molar refractivity (Wildman–Crippen MR) is 85.2 cm³/mol. The number of rotatable bonds is 6. The third-order valence-electron chi connectivity index (χ3n) is 3.87.